The minimum atomic E-state index is -0.689. The van der Waals surface area contributed by atoms with E-state index in [4.69, 9.17) is 14.2 Å². The van der Waals surface area contributed by atoms with Gasteiger partial charge in [0.15, 0.2) is 12.4 Å². The number of pyridine rings is 1. The molecule has 9 heteroatoms. The van der Waals surface area contributed by atoms with Crippen LogP contribution >= 0.6 is 0 Å². The summed E-state index contributed by atoms with van der Waals surface area (Å²) >= 11 is 0. The number of ether oxygens (including phenoxy) is 3. The molecule has 3 rings (SSSR count). The molecule has 0 spiro atoms. The van der Waals surface area contributed by atoms with Crippen molar-refractivity contribution in [2.75, 3.05) is 12.1 Å². The zero-order chi connectivity index (χ0) is 26.1. The number of alkyl carbamates (subject to hydrolysis) is 1. The van der Waals surface area contributed by atoms with E-state index < -0.39 is 24.8 Å². The Labute approximate surface area is 210 Å². The number of para-hydroxylation sites is 1. The molecule has 1 heterocycles. The number of nitrogens with one attached hydrogen (secondary N) is 2. The maximum atomic E-state index is 12.7. The quantitative estimate of drug-likeness (QED) is 0.259. The van der Waals surface area contributed by atoms with Gasteiger partial charge in [-0.2, -0.15) is 4.57 Å². The second-order valence-corrected chi connectivity index (χ2v) is 8.37. The molecule has 2 aromatic carbocycles. The van der Waals surface area contributed by atoms with Crippen LogP contribution in [-0.2, 0) is 20.9 Å². The zero-order valence-corrected chi connectivity index (χ0v) is 20.7. The highest BCUT2D eigenvalue weighted by Crippen LogP contribution is 2.25. The minimum Gasteiger partial charge on any atom is -0.424 e. The molecule has 2 N–H and O–H groups in total. The van der Waals surface area contributed by atoms with Crippen molar-refractivity contribution in [3.63, 3.8) is 0 Å². The second-order valence-electron chi connectivity index (χ2n) is 8.37. The first-order valence-corrected chi connectivity index (χ1v) is 11.4. The van der Waals surface area contributed by atoms with Crippen LogP contribution in [0, 0.1) is 13.8 Å². The lowest BCUT2D eigenvalue weighted by atomic mass is 10.1. The van der Waals surface area contributed by atoms with Crippen molar-refractivity contribution in [3.05, 3.63) is 89.2 Å². The molecule has 0 fully saturated rings. The number of hydrogen-bond donors (Lipinski definition) is 2. The molecule has 3 aromatic rings. The third-order valence-corrected chi connectivity index (χ3v) is 5.25. The predicted octanol–water partition coefficient (Wildman–Crippen LogP) is 4.40. The molecule has 1 aromatic heterocycles. The van der Waals surface area contributed by atoms with Crippen molar-refractivity contribution in [2.45, 2.75) is 40.5 Å². The average Bonchev–Trinajstić information content (AvgIpc) is 2.85. The van der Waals surface area contributed by atoms with Gasteiger partial charge in [0.1, 0.15) is 5.56 Å². The summed E-state index contributed by atoms with van der Waals surface area (Å²) in [6, 6.07) is 15.9. The lowest BCUT2D eigenvalue weighted by Crippen LogP contribution is -2.40. The van der Waals surface area contributed by atoms with Crippen LogP contribution in [-0.4, -0.2) is 30.9 Å². The van der Waals surface area contributed by atoms with Crippen LogP contribution in [0.1, 0.15) is 45.7 Å². The Balaban J connectivity index is 1.56. The van der Waals surface area contributed by atoms with Gasteiger partial charge in [-0.05, 0) is 63.1 Å². The van der Waals surface area contributed by atoms with Crippen molar-refractivity contribution in [1.29, 1.82) is 0 Å². The molecule has 0 saturated carbocycles. The van der Waals surface area contributed by atoms with Crippen molar-refractivity contribution < 1.29 is 33.2 Å². The fourth-order valence-corrected chi connectivity index (χ4v) is 3.23. The van der Waals surface area contributed by atoms with Crippen LogP contribution in [0.2, 0.25) is 0 Å². The molecule has 0 aliphatic carbocycles. The summed E-state index contributed by atoms with van der Waals surface area (Å²) in [4.78, 5) is 36.7. The number of hydrogen-bond acceptors (Lipinski definition) is 7. The van der Waals surface area contributed by atoms with E-state index in [1.807, 2.05) is 52.0 Å². The van der Waals surface area contributed by atoms with Crippen molar-refractivity contribution in [3.8, 4) is 0 Å². The monoisotopic (exact) mass is 492 g/mol. The number of carbonyl (C=O) groups excluding carboxylic acids is 3. The molecule has 0 radical (unpaired) electrons. The smallest absolute Gasteiger partial charge is 0.412 e. The van der Waals surface area contributed by atoms with Gasteiger partial charge in [0.25, 0.3) is 6.73 Å². The number of aromatic nitrogens is 1. The first kappa shape index (κ1) is 26.2. The SMILES string of the molecule is Cc1cccc(Nc2ccccc2C(=O)OCOC(=O)c2ccc[n+](COC(=O)NC(C)C)c2)c1C. The van der Waals surface area contributed by atoms with Crippen molar-refractivity contribution >= 4 is 29.4 Å². The topological polar surface area (TPSA) is 107 Å². The summed E-state index contributed by atoms with van der Waals surface area (Å²) in [5.41, 5.74) is 4.17. The largest absolute Gasteiger partial charge is 0.424 e. The number of anilines is 2. The van der Waals surface area contributed by atoms with Gasteiger partial charge in [-0.15, -0.1) is 0 Å². The fraction of sp³-hybridized carbons (Fsp3) is 0.259. The normalized spacial score (nSPS) is 10.5. The third-order valence-electron chi connectivity index (χ3n) is 5.25. The van der Waals surface area contributed by atoms with Crippen LogP contribution in [0.5, 0.6) is 0 Å². The van der Waals surface area contributed by atoms with Gasteiger partial charge in [-0.3, -0.25) is 0 Å². The Hall–Kier alpha value is -4.40. The molecule has 0 saturated heterocycles. The molecule has 188 valence electrons. The van der Waals surface area contributed by atoms with Crippen LogP contribution < -0.4 is 15.2 Å². The highest BCUT2D eigenvalue weighted by molar-refractivity contribution is 5.96. The predicted molar refractivity (Wildman–Crippen MR) is 133 cm³/mol. The first-order chi connectivity index (χ1) is 17.2. The Kier molecular flexibility index (Phi) is 8.99. The molecule has 36 heavy (non-hydrogen) atoms. The summed E-state index contributed by atoms with van der Waals surface area (Å²) in [7, 11) is 0. The van der Waals surface area contributed by atoms with Gasteiger partial charge >= 0.3 is 18.0 Å². The molecule has 1 amide bonds. The van der Waals surface area contributed by atoms with Crippen molar-refractivity contribution in [2.24, 2.45) is 0 Å². The van der Waals surface area contributed by atoms with Crippen LogP contribution in [0.3, 0.4) is 0 Å². The van der Waals surface area contributed by atoms with Gasteiger partial charge in [-0.25, -0.2) is 14.4 Å². The molecule has 9 nitrogen and oxygen atoms in total. The lowest BCUT2D eigenvalue weighted by molar-refractivity contribution is -0.727. The zero-order valence-electron chi connectivity index (χ0n) is 20.7. The van der Waals surface area contributed by atoms with Crippen LogP contribution in [0.15, 0.2) is 67.0 Å². The Morgan fingerprint density at radius 2 is 1.58 bits per heavy atom. The number of rotatable bonds is 9. The van der Waals surface area contributed by atoms with E-state index in [9.17, 15) is 14.4 Å². The molecular formula is C27H30N3O6+. The molecule has 0 aliphatic heterocycles. The third kappa shape index (κ3) is 7.30. The number of esters is 2. The maximum absolute atomic E-state index is 12.7. The van der Waals surface area contributed by atoms with E-state index in [0.717, 1.165) is 16.8 Å². The first-order valence-electron chi connectivity index (χ1n) is 11.4. The van der Waals surface area contributed by atoms with E-state index in [2.05, 4.69) is 10.6 Å². The number of amides is 1. The summed E-state index contributed by atoms with van der Waals surface area (Å²) < 4.78 is 16.9. The van der Waals surface area contributed by atoms with E-state index >= 15 is 0 Å². The van der Waals surface area contributed by atoms with E-state index in [1.165, 1.54) is 16.8 Å². The fourth-order valence-electron chi connectivity index (χ4n) is 3.23. The highest BCUT2D eigenvalue weighted by Gasteiger charge is 2.17. The van der Waals surface area contributed by atoms with E-state index in [0.29, 0.717) is 11.3 Å². The molecule has 0 bridgehead atoms. The summed E-state index contributed by atoms with van der Waals surface area (Å²) in [5.74, 6) is -1.32. The van der Waals surface area contributed by atoms with Gasteiger partial charge in [0.05, 0.1) is 11.3 Å². The molecule has 0 unspecified atom stereocenters. The van der Waals surface area contributed by atoms with E-state index in [-0.39, 0.29) is 18.3 Å². The standard InChI is InChI=1S/C27H29N3O6/c1-18(2)28-27(33)34-16-30-14-8-10-21(15-30)25(31)35-17-36-26(32)22-11-5-6-12-24(22)29-23-13-7-9-19(3)20(23)4/h5-15,18H,16-17H2,1-4H3,(H-,28,29,32,33)/p+1. The van der Waals surface area contributed by atoms with Gasteiger partial charge in [-0.1, -0.05) is 24.3 Å². The number of carbonyl (C=O) groups is 3. The number of nitrogens with zero attached hydrogens (tertiary/aromatic N) is 1. The molecular weight excluding hydrogens is 462 g/mol. The molecule has 0 atom stereocenters. The molecule has 0 aliphatic rings. The number of benzene rings is 2. The van der Waals surface area contributed by atoms with Gasteiger partial charge < -0.3 is 24.8 Å². The van der Waals surface area contributed by atoms with Gasteiger partial charge in [0.2, 0.25) is 6.79 Å². The van der Waals surface area contributed by atoms with Gasteiger partial charge in [0, 0.05) is 17.8 Å². The van der Waals surface area contributed by atoms with Crippen LogP contribution in [0.25, 0.3) is 0 Å². The lowest BCUT2D eigenvalue weighted by Gasteiger charge is -2.14. The minimum absolute atomic E-state index is 0.0547. The summed E-state index contributed by atoms with van der Waals surface area (Å²) in [6.45, 7) is 7.00. The van der Waals surface area contributed by atoms with Crippen LogP contribution in [0.4, 0.5) is 16.2 Å². The Morgan fingerprint density at radius 1 is 0.861 bits per heavy atom. The summed E-state index contributed by atoms with van der Waals surface area (Å²) in [6.07, 6.45) is 2.54. The highest BCUT2D eigenvalue weighted by atomic mass is 16.7. The Bertz CT molecular complexity index is 1240. The second kappa shape index (κ2) is 12.3. The average molecular weight is 493 g/mol. The number of aryl methyl sites for hydroxylation is 1. The summed E-state index contributed by atoms with van der Waals surface area (Å²) in [5, 5.41) is 5.88. The van der Waals surface area contributed by atoms with E-state index in [1.54, 1.807) is 30.5 Å². The van der Waals surface area contributed by atoms with Crippen molar-refractivity contribution in [1.82, 2.24) is 5.32 Å². The maximum Gasteiger partial charge on any atom is 0.412 e. The Morgan fingerprint density at radius 3 is 2.36 bits per heavy atom.